The molecule has 0 aliphatic heterocycles. The molecule has 0 bridgehead atoms. The number of nitrogens with one attached hydrogen (secondary N) is 1. The molecule has 1 heterocycles. The van der Waals surface area contributed by atoms with E-state index in [1.807, 2.05) is 0 Å². The quantitative estimate of drug-likeness (QED) is 0.673. The van der Waals surface area contributed by atoms with Gasteiger partial charge >= 0.3 is 0 Å². The Hall–Kier alpha value is -2.13. The topological polar surface area (TPSA) is 137 Å². The van der Waals surface area contributed by atoms with Gasteiger partial charge in [-0.05, 0) is 25.1 Å². The standard InChI is InChI=1S/C11H15N5O3S/c1-7-15-11(19-16-7)4-5-14-9-3-2-8(12)6-10(9)20(13,17)18/h2-3,6,14H,4-5,12H2,1H3,(H2,13,17,18). The predicted octanol–water partition coefficient (Wildman–Crippen LogP) is 0.262. The first-order chi connectivity index (χ1) is 9.36. The molecule has 20 heavy (non-hydrogen) atoms. The summed E-state index contributed by atoms with van der Waals surface area (Å²) in [7, 11) is -3.84. The molecule has 0 aliphatic carbocycles. The predicted molar refractivity (Wildman–Crippen MR) is 73.5 cm³/mol. The van der Waals surface area contributed by atoms with E-state index in [2.05, 4.69) is 15.5 Å². The smallest absolute Gasteiger partial charge is 0.240 e. The Labute approximate surface area is 116 Å². The van der Waals surface area contributed by atoms with Crippen LogP contribution in [0, 0.1) is 6.92 Å². The fourth-order valence-corrected chi connectivity index (χ4v) is 2.41. The zero-order valence-electron chi connectivity index (χ0n) is 10.8. The summed E-state index contributed by atoms with van der Waals surface area (Å²) in [4.78, 5) is 4.00. The highest BCUT2D eigenvalue weighted by Crippen LogP contribution is 2.22. The van der Waals surface area contributed by atoms with Crippen molar-refractivity contribution >= 4 is 21.4 Å². The SMILES string of the molecule is Cc1noc(CCNc2ccc(N)cc2S(N)(=O)=O)n1. The maximum atomic E-state index is 11.5. The summed E-state index contributed by atoms with van der Waals surface area (Å²) < 4.78 is 27.9. The zero-order chi connectivity index (χ0) is 14.8. The average molecular weight is 297 g/mol. The van der Waals surface area contributed by atoms with E-state index in [0.717, 1.165) is 0 Å². The Bertz CT molecular complexity index is 711. The van der Waals surface area contributed by atoms with Crippen LogP contribution in [0.1, 0.15) is 11.7 Å². The highest BCUT2D eigenvalue weighted by molar-refractivity contribution is 7.89. The molecule has 1 aromatic heterocycles. The normalized spacial score (nSPS) is 11.5. The van der Waals surface area contributed by atoms with Crippen molar-refractivity contribution < 1.29 is 12.9 Å². The molecule has 0 amide bonds. The first kappa shape index (κ1) is 14.3. The van der Waals surface area contributed by atoms with E-state index >= 15 is 0 Å². The highest BCUT2D eigenvalue weighted by Gasteiger charge is 2.14. The Balaban J connectivity index is 2.10. The van der Waals surface area contributed by atoms with Crippen molar-refractivity contribution in [1.29, 1.82) is 0 Å². The van der Waals surface area contributed by atoms with Crippen molar-refractivity contribution in [3.05, 3.63) is 29.9 Å². The second-order valence-corrected chi connectivity index (χ2v) is 5.74. The van der Waals surface area contributed by atoms with Crippen LogP contribution in [0.5, 0.6) is 0 Å². The molecule has 0 unspecified atom stereocenters. The molecule has 108 valence electrons. The molecule has 0 atom stereocenters. The monoisotopic (exact) mass is 297 g/mol. The van der Waals surface area contributed by atoms with Gasteiger partial charge in [0.1, 0.15) is 4.90 Å². The summed E-state index contributed by atoms with van der Waals surface area (Å²) in [5, 5.41) is 11.8. The third-order valence-electron chi connectivity index (χ3n) is 2.54. The molecule has 8 nitrogen and oxygen atoms in total. The van der Waals surface area contributed by atoms with Crippen LogP contribution in [-0.2, 0) is 16.4 Å². The Morgan fingerprint density at radius 2 is 2.15 bits per heavy atom. The molecular formula is C11H15N5O3S. The van der Waals surface area contributed by atoms with E-state index in [9.17, 15) is 8.42 Å². The van der Waals surface area contributed by atoms with E-state index in [0.29, 0.717) is 36.1 Å². The lowest BCUT2D eigenvalue weighted by molar-refractivity contribution is 0.377. The maximum Gasteiger partial charge on any atom is 0.240 e. The number of aryl methyl sites for hydroxylation is 1. The summed E-state index contributed by atoms with van der Waals surface area (Å²) in [6, 6.07) is 4.47. The lowest BCUT2D eigenvalue weighted by atomic mass is 10.2. The molecule has 0 spiro atoms. The first-order valence-electron chi connectivity index (χ1n) is 5.81. The van der Waals surface area contributed by atoms with Gasteiger partial charge in [-0.1, -0.05) is 5.16 Å². The Kier molecular flexibility index (Phi) is 3.91. The number of hydrogen-bond donors (Lipinski definition) is 3. The number of benzene rings is 1. The van der Waals surface area contributed by atoms with Crippen molar-refractivity contribution in [2.75, 3.05) is 17.6 Å². The number of anilines is 2. The first-order valence-corrected chi connectivity index (χ1v) is 7.36. The lowest BCUT2D eigenvalue weighted by Crippen LogP contribution is -2.16. The molecule has 0 saturated heterocycles. The average Bonchev–Trinajstić information content (AvgIpc) is 2.76. The van der Waals surface area contributed by atoms with Crippen molar-refractivity contribution in [3.63, 3.8) is 0 Å². The van der Waals surface area contributed by atoms with E-state index in [1.54, 1.807) is 19.1 Å². The Morgan fingerprint density at radius 3 is 2.75 bits per heavy atom. The van der Waals surface area contributed by atoms with E-state index < -0.39 is 10.0 Å². The molecule has 0 aliphatic rings. The van der Waals surface area contributed by atoms with Crippen molar-refractivity contribution in [1.82, 2.24) is 10.1 Å². The van der Waals surface area contributed by atoms with Gasteiger partial charge in [0.2, 0.25) is 15.9 Å². The minimum absolute atomic E-state index is 0.0424. The van der Waals surface area contributed by atoms with Crippen LogP contribution in [-0.4, -0.2) is 25.1 Å². The van der Waals surface area contributed by atoms with Gasteiger partial charge < -0.3 is 15.6 Å². The fourth-order valence-electron chi connectivity index (χ4n) is 1.67. The van der Waals surface area contributed by atoms with Crippen molar-refractivity contribution in [2.24, 2.45) is 5.14 Å². The highest BCUT2D eigenvalue weighted by atomic mass is 32.2. The van der Waals surface area contributed by atoms with Gasteiger partial charge in [0.25, 0.3) is 0 Å². The summed E-state index contributed by atoms with van der Waals surface area (Å²) in [6.07, 6.45) is 0.468. The molecule has 5 N–H and O–H groups in total. The molecule has 9 heteroatoms. The van der Waals surface area contributed by atoms with Crippen LogP contribution in [0.15, 0.2) is 27.6 Å². The number of aromatic nitrogens is 2. The van der Waals surface area contributed by atoms with Gasteiger partial charge in [-0.15, -0.1) is 0 Å². The number of nitrogens with zero attached hydrogens (tertiary/aromatic N) is 2. The van der Waals surface area contributed by atoms with Gasteiger partial charge in [-0.2, -0.15) is 4.98 Å². The third kappa shape index (κ3) is 3.45. The zero-order valence-corrected chi connectivity index (χ0v) is 11.6. The number of sulfonamides is 1. The van der Waals surface area contributed by atoms with Crippen molar-refractivity contribution in [2.45, 2.75) is 18.2 Å². The van der Waals surface area contributed by atoms with Crippen LogP contribution < -0.4 is 16.2 Å². The third-order valence-corrected chi connectivity index (χ3v) is 3.49. The summed E-state index contributed by atoms with van der Waals surface area (Å²) in [5.74, 6) is 1.03. The second kappa shape index (κ2) is 5.47. The van der Waals surface area contributed by atoms with Crippen molar-refractivity contribution in [3.8, 4) is 0 Å². The molecule has 0 fully saturated rings. The summed E-state index contributed by atoms with van der Waals surface area (Å²) in [5.41, 5.74) is 6.28. The minimum Gasteiger partial charge on any atom is -0.399 e. The number of nitrogens with two attached hydrogens (primary N) is 2. The summed E-state index contributed by atoms with van der Waals surface area (Å²) in [6.45, 7) is 2.15. The molecule has 2 aromatic rings. The van der Waals surface area contributed by atoms with Crippen LogP contribution >= 0.6 is 0 Å². The van der Waals surface area contributed by atoms with Gasteiger partial charge in [0.15, 0.2) is 5.82 Å². The van der Waals surface area contributed by atoms with Gasteiger partial charge in [0.05, 0.1) is 5.69 Å². The van der Waals surface area contributed by atoms with Gasteiger partial charge in [-0.3, -0.25) is 0 Å². The number of primary sulfonamides is 1. The molecule has 1 aromatic carbocycles. The maximum absolute atomic E-state index is 11.5. The van der Waals surface area contributed by atoms with Crippen LogP contribution in [0.25, 0.3) is 0 Å². The van der Waals surface area contributed by atoms with Gasteiger partial charge in [-0.25, -0.2) is 13.6 Å². The lowest BCUT2D eigenvalue weighted by Gasteiger charge is -2.10. The van der Waals surface area contributed by atoms with Crippen LogP contribution in [0.2, 0.25) is 0 Å². The largest absolute Gasteiger partial charge is 0.399 e. The van der Waals surface area contributed by atoms with Crippen LogP contribution in [0.4, 0.5) is 11.4 Å². The fraction of sp³-hybridized carbons (Fsp3) is 0.273. The van der Waals surface area contributed by atoms with Crippen LogP contribution in [0.3, 0.4) is 0 Å². The molecule has 0 radical (unpaired) electrons. The second-order valence-electron chi connectivity index (χ2n) is 4.21. The number of hydrogen-bond acceptors (Lipinski definition) is 7. The van der Waals surface area contributed by atoms with E-state index in [1.165, 1.54) is 6.07 Å². The number of rotatable bonds is 5. The minimum atomic E-state index is -3.84. The molecule has 0 saturated carbocycles. The Morgan fingerprint density at radius 1 is 1.40 bits per heavy atom. The number of nitrogen functional groups attached to an aromatic ring is 1. The molecular weight excluding hydrogens is 282 g/mol. The molecule has 2 rings (SSSR count). The van der Waals surface area contributed by atoms with E-state index in [4.69, 9.17) is 15.4 Å². The van der Waals surface area contributed by atoms with Gasteiger partial charge in [0, 0.05) is 18.7 Å². The summed E-state index contributed by atoms with van der Waals surface area (Å²) >= 11 is 0. The van der Waals surface area contributed by atoms with E-state index in [-0.39, 0.29) is 4.90 Å².